The Balaban J connectivity index is 4.64. The number of carbonyl (C=O) groups is 3. The number of carbonyl (C=O) groups excluding carboxylic acids is 3. The molecule has 0 aromatic carbocycles. The van der Waals surface area contributed by atoms with Gasteiger partial charge >= 0.3 is 0 Å². The predicted octanol–water partition coefficient (Wildman–Crippen LogP) is -2.48. The van der Waals surface area contributed by atoms with E-state index in [1.807, 2.05) is 0 Å². The largest absolute Gasteiger partial charge is 0.369 e. The van der Waals surface area contributed by atoms with Crippen molar-refractivity contribution in [3.8, 4) is 0 Å². The summed E-state index contributed by atoms with van der Waals surface area (Å²) in [4.78, 5) is 33.7. The van der Waals surface area contributed by atoms with Crippen molar-refractivity contribution in [2.75, 3.05) is 13.1 Å². The molecule has 1 atom stereocenters. The summed E-state index contributed by atoms with van der Waals surface area (Å²) in [5, 5.41) is 0. The number of hydrogen-bond donors (Lipinski definition) is 3. The molecule has 0 spiro atoms. The van der Waals surface area contributed by atoms with Crippen molar-refractivity contribution in [1.29, 1.82) is 0 Å². The molecular formula is C8H16N4O3. The van der Waals surface area contributed by atoms with Crippen molar-refractivity contribution in [1.82, 2.24) is 4.90 Å². The lowest BCUT2D eigenvalue weighted by molar-refractivity contribution is -0.128. The summed E-state index contributed by atoms with van der Waals surface area (Å²) in [6.45, 7) is 1.28. The first kappa shape index (κ1) is 13.4. The molecule has 6 N–H and O–H groups in total. The van der Waals surface area contributed by atoms with Crippen LogP contribution in [-0.2, 0) is 14.4 Å². The minimum absolute atomic E-state index is 0.218. The number of hydrogen-bond acceptors (Lipinski definition) is 4. The average molecular weight is 216 g/mol. The maximum atomic E-state index is 11.0. The highest BCUT2D eigenvalue weighted by Crippen LogP contribution is 2.02. The number of nitrogens with zero attached hydrogens (tertiary/aromatic N) is 1. The third kappa shape index (κ3) is 4.96. The van der Waals surface area contributed by atoms with E-state index in [0.717, 1.165) is 0 Å². The van der Waals surface area contributed by atoms with Gasteiger partial charge in [-0.05, 0) is 6.42 Å². The van der Waals surface area contributed by atoms with E-state index in [9.17, 15) is 14.4 Å². The van der Waals surface area contributed by atoms with Gasteiger partial charge in [0.05, 0.1) is 19.1 Å². The van der Waals surface area contributed by atoms with E-state index in [1.165, 1.54) is 4.90 Å². The summed E-state index contributed by atoms with van der Waals surface area (Å²) in [7, 11) is 0. The summed E-state index contributed by atoms with van der Waals surface area (Å²) in [5.74, 6) is -1.90. The van der Waals surface area contributed by atoms with E-state index in [1.54, 1.807) is 6.92 Å². The van der Waals surface area contributed by atoms with E-state index in [-0.39, 0.29) is 13.1 Å². The second-order valence-electron chi connectivity index (χ2n) is 3.16. The van der Waals surface area contributed by atoms with Crippen LogP contribution in [0.3, 0.4) is 0 Å². The highest BCUT2D eigenvalue weighted by atomic mass is 16.2. The third-order valence-electron chi connectivity index (χ3n) is 1.87. The van der Waals surface area contributed by atoms with Crippen molar-refractivity contribution in [3.63, 3.8) is 0 Å². The Morgan fingerprint density at radius 3 is 1.67 bits per heavy atom. The van der Waals surface area contributed by atoms with Gasteiger partial charge in [0, 0.05) is 0 Å². The topological polar surface area (TPSA) is 133 Å². The molecule has 0 bridgehead atoms. The molecule has 0 heterocycles. The van der Waals surface area contributed by atoms with Crippen LogP contribution in [-0.4, -0.2) is 41.8 Å². The predicted molar refractivity (Wildman–Crippen MR) is 53.2 cm³/mol. The molecule has 15 heavy (non-hydrogen) atoms. The van der Waals surface area contributed by atoms with E-state index < -0.39 is 23.8 Å². The zero-order chi connectivity index (χ0) is 12.0. The van der Waals surface area contributed by atoms with Crippen LogP contribution < -0.4 is 17.2 Å². The Morgan fingerprint density at radius 1 is 1.07 bits per heavy atom. The first-order valence-corrected chi connectivity index (χ1v) is 4.48. The van der Waals surface area contributed by atoms with Crippen molar-refractivity contribution >= 4 is 17.7 Å². The fourth-order valence-electron chi connectivity index (χ4n) is 1.32. The summed E-state index contributed by atoms with van der Waals surface area (Å²) in [6.07, 6.45) is 0.385. The SMILES string of the molecule is CCC(C(N)=O)N(CC(N)=O)CC(N)=O. The third-order valence-corrected chi connectivity index (χ3v) is 1.87. The monoisotopic (exact) mass is 216 g/mol. The lowest BCUT2D eigenvalue weighted by atomic mass is 10.1. The van der Waals surface area contributed by atoms with Crippen LogP contribution in [0.25, 0.3) is 0 Å². The molecule has 0 saturated carbocycles. The Morgan fingerprint density at radius 2 is 1.47 bits per heavy atom. The van der Waals surface area contributed by atoms with Crippen LogP contribution in [0, 0.1) is 0 Å². The zero-order valence-corrected chi connectivity index (χ0v) is 8.60. The molecule has 0 aliphatic heterocycles. The number of amides is 3. The van der Waals surface area contributed by atoms with Gasteiger partial charge in [0.1, 0.15) is 0 Å². The molecule has 0 aliphatic carbocycles. The molecule has 0 aliphatic rings. The van der Waals surface area contributed by atoms with Crippen molar-refractivity contribution < 1.29 is 14.4 Å². The van der Waals surface area contributed by atoms with Crippen LogP contribution in [0.5, 0.6) is 0 Å². The number of nitrogens with two attached hydrogens (primary N) is 3. The van der Waals surface area contributed by atoms with Crippen molar-refractivity contribution in [2.24, 2.45) is 17.2 Å². The van der Waals surface area contributed by atoms with Gasteiger partial charge in [-0.3, -0.25) is 19.3 Å². The van der Waals surface area contributed by atoms with E-state index in [2.05, 4.69) is 0 Å². The molecule has 1 unspecified atom stereocenters. The van der Waals surface area contributed by atoms with Crippen LogP contribution in [0.4, 0.5) is 0 Å². The highest BCUT2D eigenvalue weighted by Gasteiger charge is 2.24. The number of rotatable bonds is 7. The van der Waals surface area contributed by atoms with Crippen LogP contribution in [0.15, 0.2) is 0 Å². The van der Waals surface area contributed by atoms with Gasteiger partial charge in [0.25, 0.3) is 0 Å². The number of primary amides is 3. The summed E-state index contributed by atoms with van der Waals surface area (Å²) >= 11 is 0. The Bertz CT molecular complexity index is 251. The quantitative estimate of drug-likeness (QED) is 0.434. The first-order valence-electron chi connectivity index (χ1n) is 4.48. The molecule has 0 aromatic heterocycles. The molecule has 3 amide bonds. The lowest BCUT2D eigenvalue weighted by Crippen LogP contribution is -2.50. The van der Waals surface area contributed by atoms with E-state index >= 15 is 0 Å². The van der Waals surface area contributed by atoms with Gasteiger partial charge in [-0.2, -0.15) is 0 Å². The Labute approximate surface area is 87.6 Å². The van der Waals surface area contributed by atoms with Crippen LogP contribution in [0.2, 0.25) is 0 Å². The van der Waals surface area contributed by atoms with Crippen LogP contribution in [0.1, 0.15) is 13.3 Å². The molecule has 0 rings (SSSR count). The summed E-state index contributed by atoms with van der Waals surface area (Å²) < 4.78 is 0. The average Bonchev–Trinajstić information content (AvgIpc) is 2.01. The van der Waals surface area contributed by atoms with Gasteiger partial charge in [-0.15, -0.1) is 0 Å². The molecule has 7 nitrogen and oxygen atoms in total. The van der Waals surface area contributed by atoms with Crippen LogP contribution >= 0.6 is 0 Å². The van der Waals surface area contributed by atoms with Crippen molar-refractivity contribution in [2.45, 2.75) is 19.4 Å². The van der Waals surface area contributed by atoms with Gasteiger partial charge in [-0.1, -0.05) is 6.92 Å². The highest BCUT2D eigenvalue weighted by molar-refractivity contribution is 5.84. The summed E-state index contributed by atoms with van der Waals surface area (Å²) in [5.41, 5.74) is 15.1. The molecule has 86 valence electrons. The van der Waals surface area contributed by atoms with E-state index in [0.29, 0.717) is 6.42 Å². The second kappa shape index (κ2) is 5.97. The minimum atomic E-state index is -0.704. The van der Waals surface area contributed by atoms with Crippen molar-refractivity contribution in [3.05, 3.63) is 0 Å². The van der Waals surface area contributed by atoms with E-state index in [4.69, 9.17) is 17.2 Å². The molecule has 0 radical (unpaired) electrons. The molecule has 0 saturated heterocycles. The second-order valence-corrected chi connectivity index (χ2v) is 3.16. The molecule has 7 heteroatoms. The normalized spacial score (nSPS) is 12.4. The standard InChI is InChI=1S/C8H16N4O3/c1-2-5(8(11)15)12(3-6(9)13)4-7(10)14/h5H,2-4H2,1H3,(H2,9,13)(H2,10,14)(H2,11,15). The minimum Gasteiger partial charge on any atom is -0.369 e. The maximum Gasteiger partial charge on any atom is 0.234 e. The zero-order valence-electron chi connectivity index (χ0n) is 8.60. The first-order chi connectivity index (χ1) is 6.88. The molecule has 0 aromatic rings. The van der Waals surface area contributed by atoms with Gasteiger partial charge in [-0.25, -0.2) is 0 Å². The van der Waals surface area contributed by atoms with Gasteiger partial charge in [0.15, 0.2) is 0 Å². The Hall–Kier alpha value is -1.63. The summed E-state index contributed by atoms with van der Waals surface area (Å²) in [6, 6.07) is -0.704. The van der Waals surface area contributed by atoms with Gasteiger partial charge in [0.2, 0.25) is 17.7 Å². The lowest BCUT2D eigenvalue weighted by Gasteiger charge is -2.25. The molecule has 0 fully saturated rings. The fraction of sp³-hybridized carbons (Fsp3) is 0.625. The smallest absolute Gasteiger partial charge is 0.234 e. The molecular weight excluding hydrogens is 200 g/mol. The maximum absolute atomic E-state index is 11.0. The fourth-order valence-corrected chi connectivity index (χ4v) is 1.32. The Kier molecular flexibility index (Phi) is 5.32. The van der Waals surface area contributed by atoms with Gasteiger partial charge < -0.3 is 17.2 Å².